The molecule has 0 bridgehead atoms. The zero-order valence-corrected chi connectivity index (χ0v) is 14.0. The van der Waals surface area contributed by atoms with Gasteiger partial charge in [0.15, 0.2) is 0 Å². The number of esters is 1. The van der Waals surface area contributed by atoms with E-state index in [2.05, 4.69) is 19.9 Å². The van der Waals surface area contributed by atoms with Crippen LogP contribution in [-0.2, 0) is 9.53 Å². The van der Waals surface area contributed by atoms with Gasteiger partial charge in [0, 0.05) is 17.3 Å². The van der Waals surface area contributed by atoms with Gasteiger partial charge < -0.3 is 9.84 Å². The van der Waals surface area contributed by atoms with Gasteiger partial charge in [-0.1, -0.05) is 25.5 Å². The zero-order chi connectivity index (χ0) is 15.8. The molecule has 1 N–H and O–H groups in total. The summed E-state index contributed by atoms with van der Waals surface area (Å²) in [4.78, 5) is 11.7. The van der Waals surface area contributed by atoms with Gasteiger partial charge in [-0.15, -0.1) is 0 Å². The minimum atomic E-state index is -0.541. The van der Waals surface area contributed by atoms with Gasteiger partial charge in [0.1, 0.15) is 0 Å². The van der Waals surface area contributed by atoms with Crippen LogP contribution in [0.3, 0.4) is 0 Å². The van der Waals surface area contributed by atoms with Crippen LogP contribution in [0.2, 0.25) is 0 Å². The molecule has 0 spiro atoms. The van der Waals surface area contributed by atoms with Gasteiger partial charge in [0.25, 0.3) is 0 Å². The molecule has 6 atom stereocenters. The van der Waals surface area contributed by atoms with E-state index in [4.69, 9.17) is 4.74 Å². The minimum Gasteiger partial charge on any atom is -0.465 e. The van der Waals surface area contributed by atoms with E-state index in [9.17, 15) is 9.90 Å². The zero-order valence-electron chi connectivity index (χ0n) is 14.0. The Labute approximate surface area is 133 Å². The second-order valence-corrected chi connectivity index (χ2v) is 8.88. The van der Waals surface area contributed by atoms with Crippen molar-refractivity contribution in [3.63, 3.8) is 0 Å². The Morgan fingerprint density at radius 2 is 1.91 bits per heavy atom. The molecule has 3 aliphatic carbocycles. The Hall–Kier alpha value is -0.830. The molecular formula is C19H28O3. The fourth-order valence-corrected chi connectivity index (χ4v) is 6.09. The average molecular weight is 304 g/mol. The molecule has 0 amide bonds. The molecule has 122 valence electrons. The molecule has 22 heavy (non-hydrogen) atoms. The van der Waals surface area contributed by atoms with E-state index in [-0.39, 0.29) is 16.8 Å². The van der Waals surface area contributed by atoms with Crippen LogP contribution in [0.1, 0.15) is 59.3 Å². The number of fused-ring (bicyclic) bond motifs is 5. The Kier molecular flexibility index (Phi) is 2.93. The number of aliphatic hydroxyl groups is 1. The maximum absolute atomic E-state index is 11.7. The third-order valence-corrected chi connectivity index (χ3v) is 8.00. The van der Waals surface area contributed by atoms with Crippen LogP contribution in [0.4, 0.5) is 0 Å². The standard InChI is InChI=1S/C19H28O3/c1-17-11-22-16(20)10-12(17)4-5-13-14(17)6-8-18(2)15(13)7-9-19(18,3)21/h5,12,14-15,21H,4,6-11H2,1-3H3/t12-,14-,15-,17-,18-,19-/m0/s1. The summed E-state index contributed by atoms with van der Waals surface area (Å²) in [5, 5.41) is 10.9. The van der Waals surface area contributed by atoms with Crippen molar-refractivity contribution in [2.75, 3.05) is 6.61 Å². The summed E-state index contributed by atoms with van der Waals surface area (Å²) in [5.41, 5.74) is 1.15. The second kappa shape index (κ2) is 4.37. The fourth-order valence-electron chi connectivity index (χ4n) is 6.09. The largest absolute Gasteiger partial charge is 0.465 e. The Balaban J connectivity index is 1.71. The van der Waals surface area contributed by atoms with Gasteiger partial charge >= 0.3 is 5.97 Å². The molecule has 3 nitrogen and oxygen atoms in total. The van der Waals surface area contributed by atoms with Crippen molar-refractivity contribution in [2.24, 2.45) is 28.6 Å². The second-order valence-electron chi connectivity index (χ2n) is 8.88. The van der Waals surface area contributed by atoms with Crippen LogP contribution in [-0.4, -0.2) is 23.3 Å². The highest BCUT2D eigenvalue weighted by molar-refractivity contribution is 5.71. The number of ether oxygens (including phenoxy) is 1. The molecule has 4 rings (SSSR count). The maximum atomic E-state index is 11.7. The van der Waals surface area contributed by atoms with Gasteiger partial charge in [0.05, 0.1) is 12.2 Å². The summed E-state index contributed by atoms with van der Waals surface area (Å²) in [5.74, 6) is 1.46. The number of cyclic esters (lactones) is 1. The lowest BCUT2D eigenvalue weighted by atomic mass is 9.50. The highest BCUT2D eigenvalue weighted by Crippen LogP contribution is 2.65. The van der Waals surface area contributed by atoms with Crippen molar-refractivity contribution >= 4 is 5.97 Å². The number of hydrogen-bond acceptors (Lipinski definition) is 3. The minimum absolute atomic E-state index is 0.0177. The first kappa shape index (κ1) is 14.7. The molecule has 3 fully saturated rings. The first-order valence-electron chi connectivity index (χ1n) is 8.86. The van der Waals surface area contributed by atoms with Gasteiger partial charge in [-0.25, -0.2) is 0 Å². The van der Waals surface area contributed by atoms with E-state index < -0.39 is 5.60 Å². The monoisotopic (exact) mass is 304 g/mol. The molecule has 4 aliphatic rings. The van der Waals surface area contributed by atoms with E-state index in [1.807, 2.05) is 6.92 Å². The van der Waals surface area contributed by atoms with Crippen molar-refractivity contribution in [1.82, 2.24) is 0 Å². The van der Waals surface area contributed by atoms with Crippen molar-refractivity contribution in [3.8, 4) is 0 Å². The highest BCUT2D eigenvalue weighted by Gasteiger charge is 2.61. The first-order valence-corrected chi connectivity index (χ1v) is 8.86. The Morgan fingerprint density at radius 3 is 2.68 bits per heavy atom. The summed E-state index contributed by atoms with van der Waals surface area (Å²) in [6, 6.07) is 0. The lowest BCUT2D eigenvalue weighted by Gasteiger charge is -2.56. The lowest BCUT2D eigenvalue weighted by molar-refractivity contribution is -0.165. The third kappa shape index (κ3) is 1.69. The Bertz CT molecular complexity index is 549. The number of rotatable bonds is 0. The fraction of sp³-hybridized carbons (Fsp3) is 0.842. The molecule has 1 saturated heterocycles. The molecule has 0 aromatic carbocycles. The summed E-state index contributed by atoms with van der Waals surface area (Å²) >= 11 is 0. The summed E-state index contributed by atoms with van der Waals surface area (Å²) < 4.78 is 5.46. The molecule has 0 aromatic rings. The first-order chi connectivity index (χ1) is 10.3. The van der Waals surface area contributed by atoms with E-state index in [0.717, 1.165) is 32.1 Å². The molecule has 2 saturated carbocycles. The van der Waals surface area contributed by atoms with Crippen LogP contribution in [0.5, 0.6) is 0 Å². The van der Waals surface area contributed by atoms with Gasteiger partial charge in [-0.05, 0) is 56.8 Å². The molecule has 0 unspecified atom stereocenters. The molecule has 0 aromatic heterocycles. The summed E-state index contributed by atoms with van der Waals surface area (Å²) in [7, 11) is 0. The third-order valence-electron chi connectivity index (χ3n) is 8.00. The van der Waals surface area contributed by atoms with Crippen molar-refractivity contribution in [2.45, 2.75) is 64.9 Å². The van der Waals surface area contributed by atoms with E-state index >= 15 is 0 Å². The predicted molar refractivity (Wildman–Crippen MR) is 84.1 cm³/mol. The van der Waals surface area contributed by atoms with Crippen LogP contribution >= 0.6 is 0 Å². The summed E-state index contributed by atoms with van der Waals surface area (Å²) in [6.45, 7) is 7.23. The van der Waals surface area contributed by atoms with E-state index in [1.54, 1.807) is 5.57 Å². The number of carbonyl (C=O) groups excluding carboxylic acids is 1. The maximum Gasteiger partial charge on any atom is 0.306 e. The normalized spacial score (nSPS) is 53.9. The quantitative estimate of drug-likeness (QED) is 0.550. The number of hydrogen-bond donors (Lipinski definition) is 1. The van der Waals surface area contributed by atoms with Crippen LogP contribution in [0.25, 0.3) is 0 Å². The predicted octanol–water partition coefficient (Wildman–Crippen LogP) is 3.46. The molecule has 3 heteroatoms. The average Bonchev–Trinajstić information content (AvgIpc) is 2.70. The topological polar surface area (TPSA) is 46.5 Å². The molecule has 0 radical (unpaired) electrons. The number of carbonyl (C=O) groups is 1. The van der Waals surface area contributed by atoms with Gasteiger partial charge in [0.2, 0.25) is 0 Å². The van der Waals surface area contributed by atoms with Gasteiger partial charge in [-0.2, -0.15) is 0 Å². The smallest absolute Gasteiger partial charge is 0.306 e. The van der Waals surface area contributed by atoms with E-state index in [1.165, 1.54) is 0 Å². The lowest BCUT2D eigenvalue weighted by Crippen LogP contribution is -2.53. The van der Waals surface area contributed by atoms with Crippen molar-refractivity contribution in [1.29, 1.82) is 0 Å². The van der Waals surface area contributed by atoms with Crippen molar-refractivity contribution < 1.29 is 14.6 Å². The summed E-state index contributed by atoms with van der Waals surface area (Å²) in [6.07, 6.45) is 8.24. The van der Waals surface area contributed by atoms with Crippen LogP contribution in [0, 0.1) is 28.6 Å². The van der Waals surface area contributed by atoms with Crippen LogP contribution < -0.4 is 0 Å². The molecule has 1 heterocycles. The van der Waals surface area contributed by atoms with Crippen molar-refractivity contribution in [3.05, 3.63) is 11.6 Å². The van der Waals surface area contributed by atoms with Crippen LogP contribution in [0.15, 0.2) is 11.6 Å². The number of allylic oxidation sites excluding steroid dienone is 2. The molecular weight excluding hydrogens is 276 g/mol. The Morgan fingerprint density at radius 1 is 1.18 bits per heavy atom. The molecule has 1 aliphatic heterocycles. The SMILES string of the molecule is C[C@]12COC(=O)C[C@@H]1CC=C1[C@@H]2CC[C@@]2(C)[C@H]1CC[C@]2(C)O. The van der Waals surface area contributed by atoms with E-state index in [0.29, 0.717) is 30.8 Å². The highest BCUT2D eigenvalue weighted by atomic mass is 16.5. The van der Waals surface area contributed by atoms with Gasteiger partial charge in [-0.3, -0.25) is 4.79 Å².